The van der Waals surface area contributed by atoms with E-state index in [1.165, 1.54) is 31.7 Å². The van der Waals surface area contributed by atoms with Gasteiger partial charge in [-0.15, -0.1) is 0 Å². The zero-order chi connectivity index (χ0) is 20.4. The van der Waals surface area contributed by atoms with E-state index >= 15 is 0 Å². The third kappa shape index (κ3) is 2.97. The minimum Gasteiger partial charge on any atom is -0.348 e. The number of halogens is 1. The molecule has 0 radical (unpaired) electrons. The molecule has 2 aliphatic rings. The van der Waals surface area contributed by atoms with Crippen molar-refractivity contribution in [2.75, 3.05) is 11.9 Å². The maximum atomic E-state index is 14.5. The van der Waals surface area contributed by atoms with Crippen molar-refractivity contribution < 1.29 is 4.39 Å². The summed E-state index contributed by atoms with van der Waals surface area (Å²) in [5, 5.41) is 9.70. The van der Waals surface area contributed by atoms with Gasteiger partial charge in [0, 0.05) is 49.4 Å². The molecule has 154 valence electrons. The molecule has 1 aromatic carbocycles. The molecule has 1 N–H and O–H groups in total. The first-order chi connectivity index (χ1) is 14.5. The zero-order valence-electron chi connectivity index (χ0n) is 17.0. The lowest BCUT2D eigenvalue weighted by molar-refractivity contribution is 0.354. The highest BCUT2D eigenvalue weighted by Gasteiger charge is 2.35. The standard InChI is InChI=1S/C22H23FN6S/c1-28-11-13-5-12(6-17(23)21(13)27-28)18-9-20-19(10-24-18)26-22(30-20)29(2)16-7-14-3-4-15(8-16)25-14/h5-6,9-11,14-16,25H,3-4,7-8H2,1-2H3/t14-,15+,16?. The normalized spacial score (nSPS) is 23.5. The van der Waals surface area contributed by atoms with Crippen LogP contribution in [0.25, 0.3) is 32.4 Å². The fourth-order valence-electron chi connectivity index (χ4n) is 4.99. The second kappa shape index (κ2) is 6.72. The summed E-state index contributed by atoms with van der Waals surface area (Å²) < 4.78 is 17.2. The van der Waals surface area contributed by atoms with Crippen molar-refractivity contribution in [3.8, 4) is 11.3 Å². The van der Waals surface area contributed by atoms with Crippen molar-refractivity contribution in [1.29, 1.82) is 0 Å². The second-order valence-corrected chi connectivity index (χ2v) is 9.62. The smallest absolute Gasteiger partial charge is 0.186 e. The maximum Gasteiger partial charge on any atom is 0.186 e. The average Bonchev–Trinajstić information content (AvgIpc) is 3.42. The molecule has 0 amide bonds. The molecule has 0 aliphatic carbocycles. The SMILES string of the molecule is CN(c1nc2cnc(-c3cc(F)c4nn(C)cc4c3)cc2s1)C1C[C@H]2CC[C@@H](C1)N2. The van der Waals surface area contributed by atoms with Gasteiger partial charge in [0.15, 0.2) is 10.9 Å². The summed E-state index contributed by atoms with van der Waals surface area (Å²) in [6.07, 6.45) is 8.57. The minimum atomic E-state index is -0.324. The molecule has 5 heterocycles. The predicted octanol–water partition coefficient (Wildman–Crippen LogP) is 4.10. The summed E-state index contributed by atoms with van der Waals surface area (Å²) in [6, 6.07) is 7.31. The number of aryl methyl sites for hydroxylation is 1. The summed E-state index contributed by atoms with van der Waals surface area (Å²) in [6.45, 7) is 0. The molecule has 6 nitrogen and oxygen atoms in total. The van der Waals surface area contributed by atoms with Gasteiger partial charge in [0.25, 0.3) is 0 Å². The minimum absolute atomic E-state index is 0.324. The quantitative estimate of drug-likeness (QED) is 0.539. The Morgan fingerprint density at radius 3 is 2.80 bits per heavy atom. The lowest BCUT2D eigenvalue weighted by Crippen LogP contribution is -2.47. The highest BCUT2D eigenvalue weighted by Crippen LogP contribution is 2.36. The van der Waals surface area contributed by atoms with Gasteiger partial charge in [-0.2, -0.15) is 5.10 Å². The second-order valence-electron chi connectivity index (χ2n) is 8.61. The van der Waals surface area contributed by atoms with Crippen molar-refractivity contribution in [2.45, 2.75) is 43.8 Å². The molecule has 3 aromatic heterocycles. The number of thiazole rings is 1. The van der Waals surface area contributed by atoms with Crippen LogP contribution in [0.3, 0.4) is 0 Å². The lowest BCUT2D eigenvalue weighted by atomic mass is 9.99. The zero-order valence-corrected chi connectivity index (χ0v) is 17.8. The van der Waals surface area contributed by atoms with E-state index in [-0.39, 0.29) is 5.82 Å². The van der Waals surface area contributed by atoms with Gasteiger partial charge in [-0.25, -0.2) is 9.37 Å². The fraction of sp³-hybridized carbons (Fsp3) is 0.409. The molecule has 2 aliphatic heterocycles. The Kier molecular flexibility index (Phi) is 4.08. The van der Waals surface area contributed by atoms with Gasteiger partial charge >= 0.3 is 0 Å². The van der Waals surface area contributed by atoms with Gasteiger partial charge in [-0.3, -0.25) is 9.67 Å². The topological polar surface area (TPSA) is 58.9 Å². The molecule has 8 heteroatoms. The van der Waals surface area contributed by atoms with E-state index in [0.29, 0.717) is 23.6 Å². The Balaban J connectivity index is 1.33. The number of benzene rings is 1. The largest absolute Gasteiger partial charge is 0.348 e. The van der Waals surface area contributed by atoms with Crippen molar-refractivity contribution in [3.63, 3.8) is 0 Å². The first kappa shape index (κ1) is 18.2. The van der Waals surface area contributed by atoms with Gasteiger partial charge in [-0.1, -0.05) is 11.3 Å². The molecule has 2 bridgehead atoms. The van der Waals surface area contributed by atoms with Crippen LogP contribution in [-0.4, -0.2) is 44.9 Å². The summed E-state index contributed by atoms with van der Waals surface area (Å²) >= 11 is 1.69. The van der Waals surface area contributed by atoms with Crippen LogP contribution >= 0.6 is 11.3 Å². The molecule has 0 saturated carbocycles. The average molecular weight is 423 g/mol. The molecule has 1 unspecified atom stereocenters. The van der Waals surface area contributed by atoms with Gasteiger partial charge in [0.05, 0.1) is 16.6 Å². The molecular weight excluding hydrogens is 399 g/mol. The van der Waals surface area contributed by atoms with Gasteiger partial charge in [0.1, 0.15) is 11.0 Å². The first-order valence-corrected chi connectivity index (χ1v) is 11.2. The summed E-state index contributed by atoms with van der Waals surface area (Å²) in [5.74, 6) is -0.324. The van der Waals surface area contributed by atoms with Crippen molar-refractivity contribution in [3.05, 3.63) is 36.4 Å². The van der Waals surface area contributed by atoms with Crippen molar-refractivity contribution >= 4 is 37.6 Å². The molecule has 4 aromatic rings. The molecular formula is C22H23FN6S. The van der Waals surface area contributed by atoms with Crippen LogP contribution in [0.15, 0.2) is 30.6 Å². The first-order valence-electron chi connectivity index (χ1n) is 10.4. The van der Waals surface area contributed by atoms with E-state index in [1.807, 2.05) is 18.3 Å². The van der Waals surface area contributed by atoms with Crippen LogP contribution in [0.2, 0.25) is 0 Å². The van der Waals surface area contributed by atoms with Crippen molar-refractivity contribution in [2.24, 2.45) is 7.05 Å². The number of aromatic nitrogens is 4. The van der Waals surface area contributed by atoms with Crippen LogP contribution in [-0.2, 0) is 7.05 Å². The van der Waals surface area contributed by atoms with Gasteiger partial charge in [-0.05, 0) is 43.9 Å². The van der Waals surface area contributed by atoms with Crippen LogP contribution in [0.1, 0.15) is 25.7 Å². The van der Waals surface area contributed by atoms with E-state index in [4.69, 9.17) is 4.98 Å². The summed E-state index contributed by atoms with van der Waals surface area (Å²) in [7, 11) is 3.96. The lowest BCUT2D eigenvalue weighted by Gasteiger charge is -2.35. The molecule has 2 fully saturated rings. The predicted molar refractivity (Wildman–Crippen MR) is 118 cm³/mol. The number of piperidine rings is 1. The van der Waals surface area contributed by atoms with Crippen LogP contribution in [0, 0.1) is 5.82 Å². The van der Waals surface area contributed by atoms with E-state index < -0.39 is 0 Å². The fourth-order valence-corrected chi connectivity index (χ4v) is 6.00. The molecule has 30 heavy (non-hydrogen) atoms. The number of anilines is 1. The number of nitrogens with zero attached hydrogens (tertiary/aromatic N) is 5. The third-order valence-electron chi connectivity index (χ3n) is 6.53. The molecule has 0 spiro atoms. The van der Waals surface area contributed by atoms with E-state index in [2.05, 4.69) is 27.3 Å². The number of nitrogens with one attached hydrogen (secondary N) is 1. The number of fused-ring (bicyclic) bond motifs is 4. The highest BCUT2D eigenvalue weighted by molar-refractivity contribution is 7.22. The van der Waals surface area contributed by atoms with Crippen LogP contribution in [0.5, 0.6) is 0 Å². The van der Waals surface area contributed by atoms with Crippen LogP contribution in [0.4, 0.5) is 9.52 Å². The number of rotatable bonds is 3. The summed E-state index contributed by atoms with van der Waals surface area (Å²) in [4.78, 5) is 11.8. The van der Waals surface area contributed by atoms with Crippen LogP contribution < -0.4 is 10.2 Å². The Bertz CT molecular complexity index is 1250. The van der Waals surface area contributed by atoms with E-state index in [9.17, 15) is 4.39 Å². The summed E-state index contributed by atoms with van der Waals surface area (Å²) in [5.41, 5.74) is 2.79. The number of hydrogen-bond donors (Lipinski definition) is 1. The van der Waals surface area contributed by atoms with Crippen molar-refractivity contribution in [1.82, 2.24) is 25.1 Å². The molecule has 3 atom stereocenters. The van der Waals surface area contributed by atoms with Gasteiger partial charge < -0.3 is 10.2 Å². The van der Waals surface area contributed by atoms with Gasteiger partial charge in [0.2, 0.25) is 0 Å². The highest BCUT2D eigenvalue weighted by atomic mass is 32.1. The Hall–Kier alpha value is -2.58. The number of hydrogen-bond acceptors (Lipinski definition) is 6. The third-order valence-corrected chi connectivity index (χ3v) is 7.64. The Morgan fingerprint density at radius 1 is 1.20 bits per heavy atom. The number of pyridine rings is 1. The molecule has 6 rings (SSSR count). The molecule has 2 saturated heterocycles. The Morgan fingerprint density at radius 2 is 2.00 bits per heavy atom. The maximum absolute atomic E-state index is 14.5. The Labute approximate surface area is 177 Å². The monoisotopic (exact) mass is 422 g/mol. The van der Waals surface area contributed by atoms with E-state index in [1.54, 1.807) is 29.3 Å². The van der Waals surface area contributed by atoms with E-state index in [0.717, 1.165) is 32.0 Å².